The van der Waals surface area contributed by atoms with Crippen molar-refractivity contribution in [3.05, 3.63) is 10.9 Å². The number of nitrogens with one attached hydrogen (secondary N) is 1. The molecule has 114 valence electrons. The lowest BCUT2D eigenvalue weighted by atomic mass is 9.87. The zero-order valence-corrected chi connectivity index (χ0v) is 13.2. The van der Waals surface area contributed by atoms with E-state index in [1.807, 2.05) is 0 Å². The Hall–Kier alpha value is -1.40. The second-order valence-corrected chi connectivity index (χ2v) is 7.05. The maximum atomic E-state index is 9.71. The van der Waals surface area contributed by atoms with Crippen molar-refractivity contribution in [2.45, 2.75) is 39.0 Å². The standard InChI is InChI=1S/C15H22N4OS/c1-2-10-7-11-12(18-14(16)19-13(11)21-10)17-8-15(9-20)5-3-4-6-15/h7,20H,2-6,8-9H2,1H3,(H3,16,17,18,19). The Balaban J connectivity index is 1.87. The molecule has 2 heterocycles. The van der Waals surface area contributed by atoms with E-state index >= 15 is 0 Å². The molecule has 21 heavy (non-hydrogen) atoms. The highest BCUT2D eigenvalue weighted by molar-refractivity contribution is 7.18. The van der Waals surface area contributed by atoms with Gasteiger partial charge < -0.3 is 16.2 Å². The largest absolute Gasteiger partial charge is 0.396 e. The van der Waals surface area contributed by atoms with Gasteiger partial charge in [0.1, 0.15) is 10.6 Å². The van der Waals surface area contributed by atoms with Gasteiger partial charge in [-0.3, -0.25) is 0 Å². The zero-order chi connectivity index (χ0) is 14.9. The van der Waals surface area contributed by atoms with Crippen LogP contribution in [0.3, 0.4) is 0 Å². The van der Waals surface area contributed by atoms with Crippen molar-refractivity contribution in [2.24, 2.45) is 5.41 Å². The van der Waals surface area contributed by atoms with E-state index in [2.05, 4.69) is 28.3 Å². The summed E-state index contributed by atoms with van der Waals surface area (Å²) in [5, 5.41) is 14.2. The van der Waals surface area contributed by atoms with Crippen molar-refractivity contribution in [1.82, 2.24) is 9.97 Å². The van der Waals surface area contributed by atoms with E-state index in [0.717, 1.165) is 41.8 Å². The van der Waals surface area contributed by atoms with E-state index < -0.39 is 0 Å². The molecule has 0 aromatic carbocycles. The minimum Gasteiger partial charge on any atom is -0.396 e. The number of anilines is 2. The van der Waals surface area contributed by atoms with E-state index in [9.17, 15) is 5.11 Å². The highest BCUT2D eigenvalue weighted by atomic mass is 32.1. The van der Waals surface area contributed by atoms with E-state index in [-0.39, 0.29) is 12.0 Å². The molecule has 0 saturated heterocycles. The molecule has 0 radical (unpaired) electrons. The number of rotatable bonds is 5. The molecule has 0 unspecified atom stereocenters. The van der Waals surface area contributed by atoms with Crippen LogP contribution in [0, 0.1) is 5.41 Å². The summed E-state index contributed by atoms with van der Waals surface area (Å²) in [7, 11) is 0. The lowest BCUT2D eigenvalue weighted by Crippen LogP contribution is -2.30. The molecular weight excluding hydrogens is 284 g/mol. The Morgan fingerprint density at radius 1 is 1.38 bits per heavy atom. The summed E-state index contributed by atoms with van der Waals surface area (Å²) < 4.78 is 0. The Morgan fingerprint density at radius 2 is 2.14 bits per heavy atom. The fourth-order valence-corrected chi connectivity index (χ4v) is 4.06. The smallest absolute Gasteiger partial charge is 0.223 e. The summed E-state index contributed by atoms with van der Waals surface area (Å²) in [5.41, 5.74) is 5.82. The van der Waals surface area contributed by atoms with Crippen LogP contribution in [0.4, 0.5) is 11.8 Å². The number of nitrogens with zero attached hydrogens (tertiary/aromatic N) is 2. The number of hydrogen-bond donors (Lipinski definition) is 3. The number of nitrogen functional groups attached to an aromatic ring is 1. The van der Waals surface area contributed by atoms with Gasteiger partial charge in [-0.15, -0.1) is 11.3 Å². The lowest BCUT2D eigenvalue weighted by molar-refractivity contribution is 0.142. The van der Waals surface area contributed by atoms with Crippen LogP contribution in [0.2, 0.25) is 0 Å². The predicted molar refractivity (Wildman–Crippen MR) is 87.7 cm³/mol. The molecular formula is C15H22N4OS. The van der Waals surface area contributed by atoms with E-state index in [1.165, 1.54) is 17.7 Å². The minimum absolute atomic E-state index is 0.00432. The van der Waals surface area contributed by atoms with Gasteiger partial charge in [0, 0.05) is 16.8 Å². The first-order valence-electron chi connectivity index (χ1n) is 7.56. The molecule has 1 saturated carbocycles. The summed E-state index contributed by atoms with van der Waals surface area (Å²) >= 11 is 1.67. The molecule has 1 fully saturated rings. The monoisotopic (exact) mass is 306 g/mol. The van der Waals surface area contributed by atoms with Gasteiger partial charge in [-0.25, -0.2) is 4.98 Å². The van der Waals surface area contributed by atoms with Crippen LogP contribution in [-0.4, -0.2) is 28.2 Å². The van der Waals surface area contributed by atoms with Gasteiger partial charge in [0.05, 0.1) is 12.0 Å². The third-order valence-electron chi connectivity index (χ3n) is 4.44. The van der Waals surface area contributed by atoms with Crippen LogP contribution in [0.25, 0.3) is 10.2 Å². The molecule has 2 aromatic rings. The van der Waals surface area contributed by atoms with Crippen LogP contribution in [0.1, 0.15) is 37.5 Å². The van der Waals surface area contributed by atoms with Gasteiger partial charge in [0.2, 0.25) is 5.95 Å². The van der Waals surface area contributed by atoms with Gasteiger partial charge >= 0.3 is 0 Å². The van der Waals surface area contributed by atoms with E-state index in [0.29, 0.717) is 5.95 Å². The van der Waals surface area contributed by atoms with Gasteiger partial charge in [-0.2, -0.15) is 4.98 Å². The quantitative estimate of drug-likeness (QED) is 0.791. The van der Waals surface area contributed by atoms with Crippen molar-refractivity contribution >= 4 is 33.3 Å². The summed E-state index contributed by atoms with van der Waals surface area (Å²) in [4.78, 5) is 10.9. The topological polar surface area (TPSA) is 84.1 Å². The third kappa shape index (κ3) is 2.82. The van der Waals surface area contributed by atoms with Crippen LogP contribution in [0.15, 0.2) is 6.07 Å². The summed E-state index contributed by atoms with van der Waals surface area (Å²) in [6.07, 6.45) is 5.53. The molecule has 0 spiro atoms. The Labute approximate surface area is 128 Å². The number of aliphatic hydroxyl groups excluding tert-OH is 1. The summed E-state index contributed by atoms with van der Waals surface area (Å²) in [6.45, 7) is 3.10. The number of aromatic nitrogens is 2. The van der Waals surface area contributed by atoms with Gasteiger partial charge in [-0.05, 0) is 25.3 Å². The fourth-order valence-electron chi connectivity index (χ4n) is 3.08. The molecule has 0 amide bonds. The van der Waals surface area contributed by atoms with Gasteiger partial charge in [0.15, 0.2) is 0 Å². The average Bonchev–Trinajstić information content (AvgIpc) is 3.11. The Morgan fingerprint density at radius 3 is 2.81 bits per heavy atom. The molecule has 2 aromatic heterocycles. The van der Waals surface area contributed by atoms with Crippen molar-refractivity contribution in [1.29, 1.82) is 0 Å². The first kappa shape index (κ1) is 14.5. The molecule has 5 nitrogen and oxygen atoms in total. The molecule has 1 aliphatic carbocycles. The second-order valence-electron chi connectivity index (χ2n) is 5.93. The number of thiophene rings is 1. The lowest BCUT2D eigenvalue weighted by Gasteiger charge is -2.27. The second kappa shape index (κ2) is 5.77. The molecule has 4 N–H and O–H groups in total. The average molecular weight is 306 g/mol. The van der Waals surface area contributed by atoms with Gasteiger partial charge in [0.25, 0.3) is 0 Å². The Bertz CT molecular complexity index is 634. The van der Waals surface area contributed by atoms with Crippen molar-refractivity contribution in [2.75, 3.05) is 24.2 Å². The first-order valence-corrected chi connectivity index (χ1v) is 8.38. The van der Waals surface area contributed by atoms with Crippen LogP contribution in [0.5, 0.6) is 0 Å². The highest BCUT2D eigenvalue weighted by Gasteiger charge is 2.33. The van der Waals surface area contributed by atoms with Crippen molar-refractivity contribution in [3.63, 3.8) is 0 Å². The SMILES string of the molecule is CCc1cc2c(NCC3(CO)CCCC3)nc(N)nc2s1. The third-order valence-corrected chi connectivity index (χ3v) is 5.61. The maximum absolute atomic E-state index is 9.71. The van der Waals surface area contributed by atoms with E-state index in [4.69, 9.17) is 5.73 Å². The van der Waals surface area contributed by atoms with Crippen molar-refractivity contribution < 1.29 is 5.11 Å². The molecule has 0 aliphatic heterocycles. The number of aliphatic hydroxyl groups is 1. The van der Waals surface area contributed by atoms with Gasteiger partial charge in [-0.1, -0.05) is 19.8 Å². The number of nitrogens with two attached hydrogens (primary N) is 1. The fraction of sp³-hybridized carbons (Fsp3) is 0.600. The van der Waals surface area contributed by atoms with Crippen LogP contribution in [-0.2, 0) is 6.42 Å². The normalized spacial score (nSPS) is 17.4. The zero-order valence-electron chi connectivity index (χ0n) is 12.4. The predicted octanol–water partition coefficient (Wildman–Crippen LogP) is 2.80. The molecule has 6 heteroatoms. The Kier molecular flexibility index (Phi) is 3.99. The molecule has 3 rings (SSSR count). The highest BCUT2D eigenvalue weighted by Crippen LogP contribution is 2.38. The first-order chi connectivity index (χ1) is 10.2. The summed E-state index contributed by atoms with van der Waals surface area (Å²) in [6, 6.07) is 2.14. The maximum Gasteiger partial charge on any atom is 0.223 e. The number of aryl methyl sites for hydroxylation is 1. The molecule has 1 aliphatic rings. The van der Waals surface area contributed by atoms with Crippen LogP contribution < -0.4 is 11.1 Å². The number of fused-ring (bicyclic) bond motifs is 1. The molecule has 0 atom stereocenters. The van der Waals surface area contributed by atoms with Crippen LogP contribution >= 0.6 is 11.3 Å². The summed E-state index contributed by atoms with van der Waals surface area (Å²) in [5.74, 6) is 1.10. The number of hydrogen-bond acceptors (Lipinski definition) is 6. The molecule has 0 bridgehead atoms. The van der Waals surface area contributed by atoms with E-state index in [1.54, 1.807) is 11.3 Å². The van der Waals surface area contributed by atoms with Crippen molar-refractivity contribution in [3.8, 4) is 0 Å². The minimum atomic E-state index is -0.00432.